The van der Waals surface area contributed by atoms with Gasteiger partial charge in [0.1, 0.15) is 11.4 Å². The van der Waals surface area contributed by atoms with Crippen LogP contribution in [-0.4, -0.2) is 7.11 Å². The maximum Gasteiger partial charge on any atom is 0.126 e. The number of allylic oxidation sites excluding steroid dienone is 1. The topological polar surface area (TPSA) is 38.7 Å². The fourth-order valence-corrected chi connectivity index (χ4v) is 1.89. The number of terminal acetylenes is 1. The van der Waals surface area contributed by atoms with Gasteiger partial charge in [0.25, 0.3) is 0 Å². The smallest absolute Gasteiger partial charge is 0.126 e. The highest BCUT2D eigenvalue weighted by Gasteiger charge is 2.00. The third kappa shape index (κ3) is 6.19. The van der Waals surface area contributed by atoms with Gasteiger partial charge in [-0.25, -0.2) is 0 Å². The quantitative estimate of drug-likeness (QED) is 0.553. The van der Waals surface area contributed by atoms with E-state index in [9.17, 15) is 4.91 Å². The number of ether oxygens (including phenoxy) is 1. The van der Waals surface area contributed by atoms with Crippen LogP contribution in [0.1, 0.15) is 30.0 Å². The Morgan fingerprint density at radius 2 is 2.04 bits per heavy atom. The molecule has 2 aromatic rings. The number of nitrogens with zero attached hydrogens (tertiary/aromatic N) is 1. The summed E-state index contributed by atoms with van der Waals surface area (Å²) in [4.78, 5) is 10.3. The molecule has 0 aliphatic rings. The summed E-state index contributed by atoms with van der Waals surface area (Å²) in [7, 11) is 1.60. The van der Waals surface area contributed by atoms with Crippen LogP contribution in [0.25, 0.3) is 6.08 Å². The van der Waals surface area contributed by atoms with Gasteiger partial charge in [0, 0.05) is 11.1 Å². The minimum absolute atomic E-state index is 0.418. The minimum Gasteiger partial charge on any atom is -0.496 e. The van der Waals surface area contributed by atoms with E-state index in [4.69, 9.17) is 11.2 Å². The Labute approximate surface area is 138 Å². The molecule has 0 radical (unpaired) electrons. The predicted octanol–water partition coefficient (Wildman–Crippen LogP) is 5.49. The Hall–Kier alpha value is -2.86. The van der Waals surface area contributed by atoms with E-state index in [1.807, 2.05) is 50.3 Å². The number of hydrogen-bond acceptors (Lipinski definition) is 3. The molecule has 0 aliphatic heterocycles. The van der Waals surface area contributed by atoms with E-state index in [-0.39, 0.29) is 0 Å². The maximum absolute atomic E-state index is 10.3. The number of hydrogen-bond donors (Lipinski definition) is 0. The highest BCUT2D eigenvalue weighted by atomic mass is 16.5. The van der Waals surface area contributed by atoms with Crippen LogP contribution in [0.15, 0.2) is 53.7 Å². The number of rotatable bonds is 4. The zero-order chi connectivity index (χ0) is 17.1. The molecule has 0 fully saturated rings. The largest absolute Gasteiger partial charge is 0.496 e. The van der Waals surface area contributed by atoms with Gasteiger partial charge in [-0.3, -0.25) is 0 Å². The van der Waals surface area contributed by atoms with E-state index >= 15 is 0 Å². The van der Waals surface area contributed by atoms with Crippen molar-refractivity contribution in [3.63, 3.8) is 0 Å². The molecule has 0 saturated heterocycles. The van der Waals surface area contributed by atoms with Gasteiger partial charge in [0.15, 0.2) is 0 Å². The van der Waals surface area contributed by atoms with Crippen molar-refractivity contribution in [2.24, 2.45) is 5.18 Å². The molecule has 0 spiro atoms. The van der Waals surface area contributed by atoms with Crippen LogP contribution in [0.3, 0.4) is 0 Å². The molecule has 0 unspecified atom stereocenters. The molecule has 0 heterocycles. The highest BCUT2D eigenvalue weighted by Crippen LogP contribution is 2.25. The molecule has 0 atom stereocenters. The average molecular weight is 307 g/mol. The summed E-state index contributed by atoms with van der Waals surface area (Å²) in [6.07, 6.45) is 10.0. The van der Waals surface area contributed by atoms with Crippen LogP contribution >= 0.6 is 0 Å². The molecule has 2 rings (SSSR count). The molecule has 2 aromatic carbocycles. The van der Waals surface area contributed by atoms with Gasteiger partial charge in [0.2, 0.25) is 0 Å². The predicted molar refractivity (Wildman–Crippen MR) is 96.9 cm³/mol. The fraction of sp³-hybridized carbons (Fsp3) is 0.200. The second-order valence-corrected chi connectivity index (χ2v) is 4.84. The number of methoxy groups -OCH3 is 1. The number of aryl methyl sites for hydroxylation is 1. The van der Waals surface area contributed by atoms with Gasteiger partial charge < -0.3 is 4.74 Å². The zero-order valence-electron chi connectivity index (χ0n) is 13.7. The van der Waals surface area contributed by atoms with E-state index in [1.54, 1.807) is 25.3 Å². The van der Waals surface area contributed by atoms with Gasteiger partial charge >= 0.3 is 0 Å². The highest BCUT2D eigenvalue weighted by molar-refractivity contribution is 5.62. The summed E-state index contributed by atoms with van der Waals surface area (Å²) in [5.41, 5.74) is 3.47. The Morgan fingerprint density at radius 3 is 2.57 bits per heavy atom. The Balaban J connectivity index is 0.000000253. The average Bonchev–Trinajstić information content (AvgIpc) is 2.60. The summed E-state index contributed by atoms with van der Waals surface area (Å²) in [5, 5.41) is 2.88. The van der Waals surface area contributed by atoms with Crippen molar-refractivity contribution < 1.29 is 4.74 Å². The molecule has 0 saturated carbocycles. The summed E-state index contributed by atoms with van der Waals surface area (Å²) in [6.45, 7) is 4.08. The van der Waals surface area contributed by atoms with Crippen molar-refractivity contribution in [1.82, 2.24) is 0 Å². The normalized spacial score (nSPS) is 9.65. The molecule has 0 N–H and O–H groups in total. The monoisotopic (exact) mass is 307 g/mol. The van der Waals surface area contributed by atoms with Crippen LogP contribution in [0.4, 0.5) is 5.69 Å². The first-order valence-electron chi connectivity index (χ1n) is 7.35. The molecule has 3 heteroatoms. The number of nitroso groups, excluding NO2 is 1. The molecular formula is C20H21NO2. The van der Waals surface area contributed by atoms with Crippen LogP contribution in [0, 0.1) is 24.2 Å². The van der Waals surface area contributed by atoms with Crippen molar-refractivity contribution in [2.45, 2.75) is 20.3 Å². The van der Waals surface area contributed by atoms with Gasteiger partial charge in [-0.05, 0) is 54.4 Å². The van der Waals surface area contributed by atoms with Crippen LogP contribution in [0.5, 0.6) is 5.75 Å². The molecule has 0 aromatic heterocycles. The Bertz CT molecular complexity index is 712. The lowest BCUT2D eigenvalue weighted by molar-refractivity contribution is 0.414. The van der Waals surface area contributed by atoms with Crippen LogP contribution in [-0.2, 0) is 0 Å². The van der Waals surface area contributed by atoms with Crippen LogP contribution in [0.2, 0.25) is 0 Å². The van der Waals surface area contributed by atoms with Gasteiger partial charge in [0.05, 0.1) is 7.11 Å². The minimum atomic E-state index is 0.418. The summed E-state index contributed by atoms with van der Waals surface area (Å²) in [6, 6.07) is 13.0. The first kappa shape index (κ1) is 18.2. The van der Waals surface area contributed by atoms with Crippen molar-refractivity contribution >= 4 is 11.8 Å². The Morgan fingerprint density at radius 1 is 1.26 bits per heavy atom. The van der Waals surface area contributed by atoms with Gasteiger partial charge in [-0.2, -0.15) is 0 Å². The van der Waals surface area contributed by atoms with E-state index in [2.05, 4.69) is 11.1 Å². The standard InChI is InChI=1S/C11H13NO2.C9H8/c1-3-4-5-9-8-10(12-13)6-7-11(9)14-2;1-3-9-6-4-5-8(2)7-9/h4-8H,3H2,1-2H3;1,4-7H,2H3/b5-4-;. The third-order valence-electron chi connectivity index (χ3n) is 3.04. The third-order valence-corrected chi connectivity index (χ3v) is 3.04. The second-order valence-electron chi connectivity index (χ2n) is 4.84. The summed E-state index contributed by atoms with van der Waals surface area (Å²) < 4.78 is 5.15. The molecule has 0 aliphatic carbocycles. The Kier molecular flexibility index (Phi) is 7.88. The molecular weight excluding hydrogens is 286 g/mol. The van der Waals surface area contributed by atoms with E-state index < -0.39 is 0 Å². The van der Waals surface area contributed by atoms with Crippen molar-refractivity contribution in [3.05, 3.63) is 70.1 Å². The van der Waals surface area contributed by atoms with E-state index in [0.29, 0.717) is 5.69 Å². The van der Waals surface area contributed by atoms with Crippen molar-refractivity contribution in [1.29, 1.82) is 0 Å². The molecule has 0 amide bonds. The van der Waals surface area contributed by atoms with E-state index in [1.165, 1.54) is 5.56 Å². The summed E-state index contributed by atoms with van der Waals surface area (Å²) >= 11 is 0. The molecule has 3 nitrogen and oxygen atoms in total. The SMILES string of the molecule is C#Cc1cccc(C)c1.CC/C=C\c1cc(N=O)ccc1OC. The molecule has 23 heavy (non-hydrogen) atoms. The molecule has 118 valence electrons. The lowest BCUT2D eigenvalue weighted by Gasteiger charge is -2.04. The number of benzene rings is 2. The first-order chi connectivity index (χ1) is 11.1. The molecule has 0 bridgehead atoms. The van der Waals surface area contributed by atoms with E-state index in [0.717, 1.165) is 23.3 Å². The second kappa shape index (κ2) is 9.97. The van der Waals surface area contributed by atoms with Crippen molar-refractivity contribution in [2.75, 3.05) is 7.11 Å². The lowest BCUT2D eigenvalue weighted by Crippen LogP contribution is -1.85. The van der Waals surface area contributed by atoms with Crippen molar-refractivity contribution in [3.8, 4) is 18.1 Å². The summed E-state index contributed by atoms with van der Waals surface area (Å²) in [5.74, 6) is 3.32. The maximum atomic E-state index is 10.3. The fourth-order valence-electron chi connectivity index (χ4n) is 1.89. The van der Waals surface area contributed by atoms with Gasteiger partial charge in [-0.1, -0.05) is 37.1 Å². The van der Waals surface area contributed by atoms with Gasteiger partial charge in [-0.15, -0.1) is 11.3 Å². The zero-order valence-corrected chi connectivity index (χ0v) is 13.7. The van der Waals surface area contributed by atoms with Crippen LogP contribution < -0.4 is 4.74 Å². The lowest BCUT2D eigenvalue weighted by atomic mass is 10.1. The first-order valence-corrected chi connectivity index (χ1v) is 7.35.